The van der Waals surface area contributed by atoms with E-state index >= 15 is 14.7 Å². The predicted molar refractivity (Wildman–Crippen MR) is 364 cm³/mol. The Morgan fingerprint density at radius 2 is 1.67 bits per heavy atom. The first kappa shape index (κ1) is 63.3. The van der Waals surface area contributed by atoms with E-state index in [1.54, 1.807) is 18.2 Å². The molecule has 6 saturated carbocycles. The number of carbonyl (C=O) groups excluding carboxylic acids is 2. The summed E-state index contributed by atoms with van der Waals surface area (Å²) >= 11 is 0. The summed E-state index contributed by atoms with van der Waals surface area (Å²) in [6, 6.07) is 5.47. The first-order valence-corrected chi connectivity index (χ1v) is 39.4. The summed E-state index contributed by atoms with van der Waals surface area (Å²) in [5, 5.41) is 124. The molecule has 12 aliphatic carbocycles. The molecule has 514 valence electrons. The standard InChI is InChI=1S/C79H98N2O13S2/c1-42(2)43(3)64-65(94-64)75(90)18-7-11-49-29-57-58-33-62(85)72(36-63(86)70(89,41-83)38-68(57,72)4)67(88)96-95-37-53-23-45-12-13-48-27-52-30-61-74-35-47-26-46-9-8-22-93-59(46)32-56(47)73(80-74)17-6-5-10-50(73)28-51(74)15-20-78(61,92)76(52)39-81(66(87)79(53,76)69(48,34-45)40-82)54-24-44(25-55(84)31-54)14-19-71(49)60(75)16-21-77(58,71)91/h7-9,11-13,15,20,24-28,31,33,42-43,45,47,49-50,52-53,56-57,59-61,63-65,67,80,82-84,86,88-92H,5-6,10,14,16-19,21-23,29-30,32,34-41H2,1-4H3. The number of phenols is 1. The Morgan fingerprint density at radius 3 is 2.48 bits per heavy atom. The van der Waals surface area contributed by atoms with Gasteiger partial charge >= 0.3 is 0 Å². The topological polar surface area (TPSA) is 253 Å². The molecule has 28 atom stereocenters. The maximum absolute atomic E-state index is 17.8. The first-order chi connectivity index (χ1) is 45.9. The van der Waals surface area contributed by atoms with Crippen LogP contribution in [0.5, 0.6) is 5.75 Å². The number of epoxide rings is 1. The van der Waals surface area contributed by atoms with Crippen LogP contribution in [0.2, 0.25) is 0 Å². The SMILES string of the molecule is CC(C)C(C)C1OC1C1(O)CC=CC2CC3C4=CC(=O)C5(CC(O)C(O)(CO)CC35C)C(O)SSCC3CC5C=CC6=CC7CC8C9%10CC%11C=C%12C=CCOC%12CC%11C%11(CCCCC%11C=C9C=CC8(O)C78CN(C(=O)C38C6(CO)C5)c3cc(O)cc(c3)CCC23C1CCC43O)N%10. The molecule has 15 nitrogen and oxygen atoms in total. The van der Waals surface area contributed by atoms with Crippen LogP contribution in [0.3, 0.4) is 0 Å². The number of anilines is 1. The highest BCUT2D eigenvalue weighted by Crippen LogP contribution is 2.84. The molecule has 21 rings (SSSR count). The van der Waals surface area contributed by atoms with Crippen LogP contribution in [0.4, 0.5) is 5.69 Å². The number of aryl methyl sites for hydroxylation is 1. The van der Waals surface area contributed by atoms with Gasteiger partial charge in [-0.3, -0.25) is 9.59 Å². The molecule has 3 saturated heterocycles. The molecule has 9 fully saturated rings. The molecule has 1 aromatic rings. The maximum Gasteiger partial charge on any atom is 0.235 e. The van der Waals surface area contributed by atoms with Crippen LogP contribution in [0, 0.1) is 104 Å². The Morgan fingerprint density at radius 1 is 0.833 bits per heavy atom. The molecule has 12 bridgehead atoms. The Kier molecular flexibility index (Phi) is 13.4. The van der Waals surface area contributed by atoms with Gasteiger partial charge in [0.2, 0.25) is 5.91 Å². The zero-order valence-electron chi connectivity index (χ0n) is 56.0. The van der Waals surface area contributed by atoms with Crippen LogP contribution in [0.15, 0.2) is 113 Å². The van der Waals surface area contributed by atoms with Crippen molar-refractivity contribution >= 4 is 39.0 Å². The number of piperidine rings is 1. The average molecular weight is 1350 g/mol. The highest BCUT2D eigenvalue weighted by atomic mass is 33.1. The Bertz CT molecular complexity index is 3840. The molecule has 0 radical (unpaired) electrons. The van der Waals surface area contributed by atoms with E-state index in [1.165, 1.54) is 21.9 Å². The molecule has 1 amide bonds. The van der Waals surface area contributed by atoms with Crippen molar-refractivity contribution < 1.29 is 65.0 Å². The van der Waals surface area contributed by atoms with Crippen molar-refractivity contribution in [3.05, 3.63) is 119 Å². The highest BCUT2D eigenvalue weighted by molar-refractivity contribution is 8.76. The van der Waals surface area contributed by atoms with Crippen molar-refractivity contribution in [1.29, 1.82) is 0 Å². The number of carbonyl (C=O) groups is 2. The summed E-state index contributed by atoms with van der Waals surface area (Å²) in [5.74, 6) is -2.25. The van der Waals surface area contributed by atoms with Gasteiger partial charge in [0.05, 0.1) is 65.7 Å². The summed E-state index contributed by atoms with van der Waals surface area (Å²) in [5.41, 5.74) is -12.5. The van der Waals surface area contributed by atoms with Crippen LogP contribution in [-0.4, -0.2) is 153 Å². The lowest BCUT2D eigenvalue weighted by molar-refractivity contribution is -0.235. The van der Waals surface area contributed by atoms with E-state index in [4.69, 9.17) is 9.47 Å². The lowest BCUT2D eigenvalue weighted by atomic mass is 9.33. The van der Waals surface area contributed by atoms with Gasteiger partial charge in [0.1, 0.15) is 28.5 Å². The minimum atomic E-state index is -2.06. The fraction of sp³-hybridized carbons (Fsp3) is 0.696. The van der Waals surface area contributed by atoms with E-state index in [0.717, 1.165) is 54.9 Å². The predicted octanol–water partition coefficient (Wildman–Crippen LogP) is 8.82. The third-order valence-corrected chi connectivity index (χ3v) is 34.9. The van der Waals surface area contributed by atoms with Gasteiger partial charge in [0.25, 0.3) is 0 Å². The van der Waals surface area contributed by atoms with Gasteiger partial charge in [-0.25, -0.2) is 0 Å². The first-order valence-electron chi connectivity index (χ1n) is 37.0. The van der Waals surface area contributed by atoms with Gasteiger partial charge in [-0.1, -0.05) is 129 Å². The van der Waals surface area contributed by atoms with Crippen molar-refractivity contribution in [2.24, 2.45) is 104 Å². The normalized spacial score (nSPS) is 54.1. The van der Waals surface area contributed by atoms with Crippen LogP contribution in [0.25, 0.3) is 0 Å². The Labute approximate surface area is 571 Å². The number of ether oxygens (including phenoxy) is 2. The number of nitrogens with zero attached hydrogens (tertiary/aromatic N) is 1. The van der Waals surface area contributed by atoms with Gasteiger partial charge in [-0.15, -0.1) is 0 Å². The van der Waals surface area contributed by atoms with E-state index in [-0.39, 0.29) is 116 Å². The highest BCUT2D eigenvalue weighted by Gasteiger charge is 2.89. The molecule has 8 heterocycles. The van der Waals surface area contributed by atoms with Gasteiger partial charge < -0.3 is 65.6 Å². The number of allylic oxidation sites excluding steroid dienone is 6. The van der Waals surface area contributed by atoms with Crippen LogP contribution >= 0.6 is 21.6 Å². The number of phenolic OH excluding ortho intramolecular Hbond substituents is 1. The summed E-state index contributed by atoms with van der Waals surface area (Å²) in [6.45, 7) is 7.95. The lowest BCUT2D eigenvalue weighted by Gasteiger charge is -2.70. The molecule has 17 heteroatoms. The zero-order chi connectivity index (χ0) is 66.3. The zero-order valence-corrected chi connectivity index (χ0v) is 57.6. The number of nitrogens with one attached hydrogen (secondary N) is 1. The average Bonchev–Trinajstić information content (AvgIpc) is 1.42. The number of hydrogen-bond donors (Lipinski definition) is 10. The number of ketones is 1. The second kappa shape index (κ2) is 20.4. The van der Waals surface area contributed by atoms with E-state index in [9.17, 15) is 40.9 Å². The van der Waals surface area contributed by atoms with E-state index < -0.39 is 120 Å². The molecule has 96 heavy (non-hydrogen) atoms. The van der Waals surface area contributed by atoms with Crippen LogP contribution in [-0.2, 0) is 25.5 Å². The van der Waals surface area contributed by atoms with Crippen molar-refractivity contribution in [3.8, 4) is 5.75 Å². The quantitative estimate of drug-likeness (QED) is 0.0751. The van der Waals surface area contributed by atoms with Crippen molar-refractivity contribution in [2.75, 3.05) is 37.0 Å². The molecule has 6 spiro atoms. The summed E-state index contributed by atoms with van der Waals surface area (Å²) < 4.78 is 13.2. The van der Waals surface area contributed by atoms with E-state index in [2.05, 4.69) is 92.9 Å². The van der Waals surface area contributed by atoms with Gasteiger partial charge in [-0.2, -0.15) is 0 Å². The van der Waals surface area contributed by atoms with Gasteiger partial charge in [0, 0.05) is 57.7 Å². The van der Waals surface area contributed by atoms with Crippen molar-refractivity contribution in [3.63, 3.8) is 0 Å². The third kappa shape index (κ3) is 7.21. The largest absolute Gasteiger partial charge is 0.508 e. The fourth-order valence-corrected chi connectivity index (χ4v) is 31.2. The Hall–Kier alpha value is -3.66. The molecule has 28 unspecified atom stereocenters. The monoisotopic (exact) mass is 1350 g/mol. The number of rotatable bonds is 5. The number of aliphatic hydroxyl groups is 8. The minimum absolute atomic E-state index is 0.0338. The van der Waals surface area contributed by atoms with Crippen molar-refractivity contribution in [1.82, 2.24) is 5.32 Å². The number of hydrogen-bond acceptors (Lipinski definition) is 16. The summed E-state index contributed by atoms with van der Waals surface area (Å²) in [6.07, 6.45) is 32.9. The second-order valence-electron chi connectivity index (χ2n) is 35.3. The Balaban J connectivity index is 0.812. The lowest BCUT2D eigenvalue weighted by Crippen LogP contribution is -2.79. The smallest absolute Gasteiger partial charge is 0.235 e. The number of fused-ring (bicyclic) bond motifs is 5. The molecule has 20 aliphatic rings. The maximum atomic E-state index is 17.8. The van der Waals surface area contributed by atoms with Gasteiger partial charge in [-0.05, 0) is 207 Å². The molecule has 1 aromatic carbocycles. The molecule has 8 aliphatic heterocycles. The molecular formula is C79H98N2O13S2. The molecule has 0 aromatic heterocycles. The van der Waals surface area contributed by atoms with Crippen molar-refractivity contribution in [2.45, 2.75) is 200 Å². The summed E-state index contributed by atoms with van der Waals surface area (Å²) in [4.78, 5) is 36.0. The molecule has 10 N–H and O–H groups in total. The van der Waals surface area contributed by atoms with E-state index in [0.29, 0.717) is 67.9 Å². The molecular weight excluding hydrogens is 1250 g/mol. The number of amides is 1. The fourth-order valence-electron chi connectivity index (χ4n) is 28.2. The van der Waals surface area contributed by atoms with E-state index in [1.807, 2.05) is 17.9 Å². The third-order valence-electron chi connectivity index (χ3n) is 32.3. The van der Waals surface area contributed by atoms with Gasteiger partial charge in [0.15, 0.2) is 5.78 Å². The second-order valence-corrected chi connectivity index (χ2v) is 37.8. The number of aromatic hydroxyl groups is 1. The minimum Gasteiger partial charge on any atom is -0.508 e. The number of benzene rings is 1. The van der Waals surface area contributed by atoms with Crippen LogP contribution in [0.1, 0.15) is 136 Å². The number of aliphatic hydroxyl groups excluding tert-OH is 4. The van der Waals surface area contributed by atoms with Crippen LogP contribution < -0.4 is 10.2 Å². The summed E-state index contributed by atoms with van der Waals surface area (Å²) in [7, 11) is 2.53.